The highest BCUT2D eigenvalue weighted by Crippen LogP contribution is 2.15. The van der Waals surface area contributed by atoms with Gasteiger partial charge < -0.3 is 14.9 Å². The Bertz CT molecular complexity index is 903. The van der Waals surface area contributed by atoms with Crippen LogP contribution in [0.15, 0.2) is 71.9 Å². The first kappa shape index (κ1) is 16.7. The van der Waals surface area contributed by atoms with Gasteiger partial charge in [-0.25, -0.2) is 4.39 Å². The Hall–Kier alpha value is -3.15. The Balaban J connectivity index is 1.74. The highest BCUT2D eigenvalue weighted by molar-refractivity contribution is 5.93. The molecule has 25 heavy (non-hydrogen) atoms. The van der Waals surface area contributed by atoms with Gasteiger partial charge in [-0.15, -0.1) is 0 Å². The fraction of sp³-hybridized carbons (Fsp3) is 0.158. The number of rotatable bonds is 6. The zero-order valence-corrected chi connectivity index (χ0v) is 13.5. The van der Waals surface area contributed by atoms with Crippen molar-refractivity contribution in [2.75, 3.05) is 6.54 Å². The van der Waals surface area contributed by atoms with Gasteiger partial charge in [-0.05, 0) is 48.4 Å². The maximum absolute atomic E-state index is 13.4. The number of hydrogen-bond acceptors (Lipinski definition) is 2. The largest absolute Gasteiger partial charge is 0.350 e. The number of amides is 1. The molecule has 0 bridgehead atoms. The molecule has 0 spiro atoms. The van der Waals surface area contributed by atoms with Crippen LogP contribution >= 0.6 is 0 Å². The van der Waals surface area contributed by atoms with Crippen LogP contribution in [0, 0.1) is 5.82 Å². The van der Waals surface area contributed by atoms with Crippen molar-refractivity contribution in [3.8, 4) is 0 Å². The number of carbonyl (C=O) groups is 1. The summed E-state index contributed by atoms with van der Waals surface area (Å²) in [7, 11) is 0. The van der Waals surface area contributed by atoms with E-state index < -0.39 is 11.5 Å². The molecule has 1 atom stereocenters. The first-order valence-corrected chi connectivity index (χ1v) is 7.96. The van der Waals surface area contributed by atoms with E-state index in [0.29, 0.717) is 13.0 Å². The van der Waals surface area contributed by atoms with E-state index in [1.54, 1.807) is 12.1 Å². The standard InChI is InChI=1S/C19H18FN3O2/c20-15-6-3-5-14(11-15)12-16(23-9-1-2-10-23)13-22-19(25)17-7-4-8-21-18(17)24/h1-11,16H,12-13H2,(H,21,24)(H,22,25)/t16-/m1/s1. The SMILES string of the molecule is O=C(NC[C@@H](Cc1cccc(F)c1)n1cccc1)c1ccc[nH]c1=O. The number of pyridine rings is 1. The summed E-state index contributed by atoms with van der Waals surface area (Å²) in [6, 6.07) is 13.2. The van der Waals surface area contributed by atoms with Crippen LogP contribution in [0.3, 0.4) is 0 Å². The van der Waals surface area contributed by atoms with Gasteiger partial charge in [-0.1, -0.05) is 12.1 Å². The second-order valence-corrected chi connectivity index (χ2v) is 5.74. The average molecular weight is 339 g/mol. The predicted molar refractivity (Wildman–Crippen MR) is 93.0 cm³/mol. The molecule has 1 amide bonds. The van der Waals surface area contributed by atoms with Crippen molar-refractivity contribution in [1.29, 1.82) is 0 Å². The predicted octanol–water partition coefficient (Wildman–Crippen LogP) is 2.53. The maximum atomic E-state index is 13.4. The summed E-state index contributed by atoms with van der Waals surface area (Å²) >= 11 is 0. The fourth-order valence-electron chi connectivity index (χ4n) is 2.72. The highest BCUT2D eigenvalue weighted by Gasteiger charge is 2.15. The van der Waals surface area contributed by atoms with Crippen LogP contribution < -0.4 is 10.9 Å². The Morgan fingerprint density at radius 3 is 2.68 bits per heavy atom. The number of aromatic nitrogens is 2. The van der Waals surface area contributed by atoms with Gasteiger partial charge in [0, 0.05) is 25.1 Å². The second kappa shape index (κ2) is 7.61. The molecule has 0 aliphatic heterocycles. The Morgan fingerprint density at radius 2 is 1.96 bits per heavy atom. The summed E-state index contributed by atoms with van der Waals surface area (Å²) in [5, 5.41) is 2.79. The van der Waals surface area contributed by atoms with Gasteiger partial charge in [0.05, 0.1) is 6.04 Å². The molecule has 0 aliphatic carbocycles. The molecule has 6 heteroatoms. The molecule has 0 radical (unpaired) electrons. The molecule has 128 valence electrons. The number of nitrogens with zero attached hydrogens (tertiary/aromatic N) is 1. The summed E-state index contributed by atoms with van der Waals surface area (Å²) in [4.78, 5) is 26.4. The lowest BCUT2D eigenvalue weighted by Crippen LogP contribution is -2.34. The Morgan fingerprint density at radius 1 is 1.16 bits per heavy atom. The number of benzene rings is 1. The van der Waals surface area contributed by atoms with Crippen molar-refractivity contribution in [1.82, 2.24) is 14.9 Å². The third-order valence-electron chi connectivity index (χ3n) is 3.97. The third-order valence-corrected chi connectivity index (χ3v) is 3.97. The summed E-state index contributed by atoms with van der Waals surface area (Å²) in [6.45, 7) is 0.318. The van der Waals surface area contributed by atoms with Gasteiger partial charge in [-0.2, -0.15) is 0 Å². The van der Waals surface area contributed by atoms with Crippen molar-refractivity contribution < 1.29 is 9.18 Å². The normalized spacial score (nSPS) is 11.9. The van der Waals surface area contributed by atoms with Crippen LogP contribution in [0.1, 0.15) is 22.0 Å². The Kier molecular flexibility index (Phi) is 5.09. The number of carbonyl (C=O) groups excluding carboxylic acids is 1. The molecule has 3 rings (SSSR count). The molecule has 5 nitrogen and oxygen atoms in total. The van der Waals surface area contributed by atoms with E-state index in [2.05, 4.69) is 10.3 Å². The first-order valence-electron chi connectivity index (χ1n) is 7.96. The minimum Gasteiger partial charge on any atom is -0.350 e. The summed E-state index contributed by atoms with van der Waals surface area (Å²) in [5.74, 6) is -0.721. The van der Waals surface area contributed by atoms with Crippen LogP contribution in [0.4, 0.5) is 4.39 Å². The first-order chi connectivity index (χ1) is 12.1. The van der Waals surface area contributed by atoms with Crippen molar-refractivity contribution in [2.24, 2.45) is 0 Å². The van der Waals surface area contributed by atoms with Crippen LogP contribution in [-0.4, -0.2) is 22.0 Å². The summed E-state index contributed by atoms with van der Waals surface area (Å²) in [6.07, 6.45) is 5.82. The molecule has 0 fully saturated rings. The fourth-order valence-corrected chi connectivity index (χ4v) is 2.72. The lowest BCUT2D eigenvalue weighted by Gasteiger charge is -2.20. The third kappa shape index (κ3) is 4.23. The Labute approximate surface area is 144 Å². The smallest absolute Gasteiger partial charge is 0.260 e. The van der Waals surface area contributed by atoms with Crippen molar-refractivity contribution in [3.63, 3.8) is 0 Å². The number of aromatic amines is 1. The molecule has 0 saturated heterocycles. The van der Waals surface area contributed by atoms with Gasteiger partial charge in [0.25, 0.3) is 11.5 Å². The molecular formula is C19H18FN3O2. The van der Waals surface area contributed by atoms with E-state index in [9.17, 15) is 14.0 Å². The van der Waals surface area contributed by atoms with E-state index in [4.69, 9.17) is 0 Å². The maximum Gasteiger partial charge on any atom is 0.260 e. The van der Waals surface area contributed by atoms with Crippen molar-refractivity contribution >= 4 is 5.91 Å². The van der Waals surface area contributed by atoms with Gasteiger partial charge in [-0.3, -0.25) is 9.59 Å². The van der Waals surface area contributed by atoms with E-state index in [1.807, 2.05) is 35.2 Å². The molecule has 0 unspecified atom stereocenters. The zero-order valence-electron chi connectivity index (χ0n) is 13.5. The van der Waals surface area contributed by atoms with E-state index in [0.717, 1.165) is 5.56 Å². The molecule has 0 saturated carbocycles. The quantitative estimate of drug-likeness (QED) is 0.725. The highest BCUT2D eigenvalue weighted by atomic mass is 19.1. The lowest BCUT2D eigenvalue weighted by molar-refractivity contribution is 0.0946. The van der Waals surface area contributed by atoms with Crippen LogP contribution in [0.25, 0.3) is 0 Å². The topological polar surface area (TPSA) is 66.9 Å². The van der Waals surface area contributed by atoms with Gasteiger partial charge >= 0.3 is 0 Å². The monoisotopic (exact) mass is 339 g/mol. The van der Waals surface area contributed by atoms with Crippen LogP contribution in [0.5, 0.6) is 0 Å². The molecule has 2 N–H and O–H groups in total. The molecule has 0 aliphatic rings. The molecular weight excluding hydrogens is 321 g/mol. The van der Waals surface area contributed by atoms with Crippen molar-refractivity contribution in [2.45, 2.75) is 12.5 Å². The van der Waals surface area contributed by atoms with Crippen molar-refractivity contribution in [3.05, 3.63) is 94.4 Å². The van der Waals surface area contributed by atoms with E-state index >= 15 is 0 Å². The number of nitrogens with one attached hydrogen (secondary N) is 2. The lowest BCUT2D eigenvalue weighted by atomic mass is 10.1. The minimum absolute atomic E-state index is 0.0690. The van der Waals surface area contributed by atoms with Gasteiger partial charge in [0.15, 0.2) is 0 Å². The van der Waals surface area contributed by atoms with Crippen LogP contribution in [0.2, 0.25) is 0 Å². The molecule has 2 heterocycles. The zero-order chi connectivity index (χ0) is 17.6. The van der Waals surface area contributed by atoms with E-state index in [-0.39, 0.29) is 17.4 Å². The van der Waals surface area contributed by atoms with Gasteiger partial charge in [0.1, 0.15) is 11.4 Å². The van der Waals surface area contributed by atoms with Gasteiger partial charge in [0.2, 0.25) is 0 Å². The molecule has 2 aromatic heterocycles. The molecule has 1 aromatic carbocycles. The minimum atomic E-state index is -0.432. The second-order valence-electron chi connectivity index (χ2n) is 5.74. The summed E-state index contributed by atoms with van der Waals surface area (Å²) in [5.41, 5.74) is 0.479. The van der Waals surface area contributed by atoms with Crippen LogP contribution in [-0.2, 0) is 6.42 Å². The number of halogens is 1. The molecule has 3 aromatic rings. The summed E-state index contributed by atoms with van der Waals surface area (Å²) < 4.78 is 15.4. The average Bonchev–Trinajstić information content (AvgIpc) is 3.13. The number of hydrogen-bond donors (Lipinski definition) is 2. The van der Waals surface area contributed by atoms with E-state index in [1.165, 1.54) is 24.4 Å². The number of H-pyrrole nitrogens is 1.